The van der Waals surface area contributed by atoms with Gasteiger partial charge in [0.1, 0.15) is 12.4 Å². The fourth-order valence-electron chi connectivity index (χ4n) is 1.62. The lowest BCUT2D eigenvalue weighted by molar-refractivity contribution is 0.305. The molecule has 2 N–H and O–H groups in total. The molecule has 2 nitrogen and oxygen atoms in total. The van der Waals surface area contributed by atoms with Gasteiger partial charge >= 0.3 is 0 Å². The maximum atomic E-state index is 5.92. The maximum Gasteiger partial charge on any atom is 0.121 e. The molecule has 18 heavy (non-hydrogen) atoms. The van der Waals surface area contributed by atoms with E-state index in [9.17, 15) is 0 Å². The molecule has 0 amide bonds. The summed E-state index contributed by atoms with van der Waals surface area (Å²) in [5.41, 5.74) is 7.69. The van der Waals surface area contributed by atoms with Gasteiger partial charge in [-0.3, -0.25) is 0 Å². The van der Waals surface area contributed by atoms with Gasteiger partial charge in [0.15, 0.2) is 0 Å². The monoisotopic (exact) mass is 325 g/mol. The molecule has 0 aliphatic carbocycles. The second-order valence-electron chi connectivity index (χ2n) is 3.92. The topological polar surface area (TPSA) is 35.2 Å². The summed E-state index contributed by atoms with van der Waals surface area (Å²) in [7, 11) is 0. The summed E-state index contributed by atoms with van der Waals surface area (Å²) in [6, 6.07) is 13.5. The zero-order valence-corrected chi connectivity index (χ0v) is 12.0. The first-order chi connectivity index (χ1) is 8.67. The Kier molecular flexibility index (Phi) is 4.64. The van der Waals surface area contributed by atoms with Gasteiger partial charge in [-0.25, -0.2) is 0 Å². The Labute approximate surface area is 120 Å². The lowest BCUT2D eigenvalue weighted by atomic mass is 10.2. The van der Waals surface area contributed by atoms with Crippen LogP contribution >= 0.6 is 27.5 Å². The van der Waals surface area contributed by atoms with Crippen LogP contribution in [0.25, 0.3) is 0 Å². The fourth-order valence-corrected chi connectivity index (χ4v) is 2.35. The number of halogens is 2. The van der Waals surface area contributed by atoms with Crippen LogP contribution in [-0.4, -0.2) is 0 Å². The van der Waals surface area contributed by atoms with Crippen molar-refractivity contribution in [3.63, 3.8) is 0 Å². The second kappa shape index (κ2) is 6.23. The van der Waals surface area contributed by atoms with Gasteiger partial charge < -0.3 is 10.5 Å². The fraction of sp³-hybridized carbons (Fsp3) is 0.143. The third kappa shape index (κ3) is 3.73. The number of hydrogen-bond donors (Lipinski definition) is 1. The van der Waals surface area contributed by atoms with Gasteiger partial charge in [-0.15, -0.1) is 0 Å². The third-order valence-corrected chi connectivity index (χ3v) is 3.15. The predicted molar refractivity (Wildman–Crippen MR) is 77.8 cm³/mol. The molecule has 0 heterocycles. The molecule has 2 aromatic carbocycles. The molecule has 0 aliphatic heterocycles. The van der Waals surface area contributed by atoms with E-state index in [0.29, 0.717) is 18.2 Å². The van der Waals surface area contributed by atoms with Crippen molar-refractivity contribution in [1.29, 1.82) is 0 Å². The summed E-state index contributed by atoms with van der Waals surface area (Å²) in [5.74, 6) is 0.796. The van der Waals surface area contributed by atoms with Crippen LogP contribution in [0.5, 0.6) is 5.75 Å². The molecule has 0 saturated heterocycles. The van der Waals surface area contributed by atoms with Crippen molar-refractivity contribution in [3.05, 3.63) is 63.1 Å². The third-order valence-electron chi connectivity index (χ3n) is 2.46. The van der Waals surface area contributed by atoms with Crippen molar-refractivity contribution in [2.75, 3.05) is 0 Å². The predicted octanol–water partition coefficient (Wildman–Crippen LogP) is 4.14. The Morgan fingerprint density at radius 3 is 2.67 bits per heavy atom. The van der Waals surface area contributed by atoms with E-state index in [1.54, 1.807) is 0 Å². The number of rotatable bonds is 4. The molecule has 0 fully saturated rings. The average molecular weight is 327 g/mol. The van der Waals surface area contributed by atoms with Crippen LogP contribution in [0.4, 0.5) is 0 Å². The zero-order valence-electron chi connectivity index (χ0n) is 9.70. The van der Waals surface area contributed by atoms with E-state index in [4.69, 9.17) is 22.1 Å². The number of ether oxygens (including phenoxy) is 1. The summed E-state index contributed by atoms with van der Waals surface area (Å²) < 4.78 is 6.69. The van der Waals surface area contributed by atoms with E-state index in [1.165, 1.54) is 0 Å². The van der Waals surface area contributed by atoms with Crippen LogP contribution in [0.1, 0.15) is 11.1 Å². The molecule has 0 aliphatic rings. The SMILES string of the molecule is NCc1cc(Br)cc(OCc2cccc(Cl)c2)c1. The quantitative estimate of drug-likeness (QED) is 0.916. The molecule has 0 bridgehead atoms. The first kappa shape index (κ1) is 13.4. The zero-order chi connectivity index (χ0) is 13.0. The Bertz CT molecular complexity index is 545. The molecule has 4 heteroatoms. The van der Waals surface area contributed by atoms with Gasteiger partial charge in [0.05, 0.1) is 0 Å². The van der Waals surface area contributed by atoms with Gasteiger partial charge in [0.2, 0.25) is 0 Å². The molecule has 0 saturated carbocycles. The highest BCUT2D eigenvalue weighted by atomic mass is 79.9. The van der Waals surface area contributed by atoms with E-state index in [1.807, 2.05) is 42.5 Å². The van der Waals surface area contributed by atoms with Crippen molar-refractivity contribution in [1.82, 2.24) is 0 Å². The highest BCUT2D eigenvalue weighted by molar-refractivity contribution is 9.10. The highest BCUT2D eigenvalue weighted by Crippen LogP contribution is 2.22. The van der Waals surface area contributed by atoms with Crippen molar-refractivity contribution in [2.24, 2.45) is 5.73 Å². The number of nitrogens with two attached hydrogens (primary N) is 1. The van der Waals surface area contributed by atoms with Gasteiger partial charge in [-0.1, -0.05) is 39.7 Å². The molecule has 94 valence electrons. The van der Waals surface area contributed by atoms with Gasteiger partial charge in [0, 0.05) is 16.0 Å². The molecular weight excluding hydrogens is 314 g/mol. The lowest BCUT2D eigenvalue weighted by Gasteiger charge is -2.09. The first-order valence-electron chi connectivity index (χ1n) is 5.54. The Morgan fingerprint density at radius 1 is 1.11 bits per heavy atom. The van der Waals surface area contributed by atoms with Crippen molar-refractivity contribution in [2.45, 2.75) is 13.2 Å². The maximum absolute atomic E-state index is 5.92. The minimum atomic E-state index is 0.487. The second-order valence-corrected chi connectivity index (χ2v) is 5.27. The van der Waals surface area contributed by atoms with Crippen LogP contribution in [0.2, 0.25) is 5.02 Å². The van der Waals surface area contributed by atoms with Crippen LogP contribution in [0.15, 0.2) is 46.9 Å². The lowest BCUT2D eigenvalue weighted by Crippen LogP contribution is -1.99. The number of benzene rings is 2. The number of hydrogen-bond acceptors (Lipinski definition) is 2. The molecule has 0 unspecified atom stereocenters. The van der Waals surface area contributed by atoms with Crippen LogP contribution in [0, 0.1) is 0 Å². The molecular formula is C14H13BrClNO. The first-order valence-corrected chi connectivity index (χ1v) is 6.71. The van der Waals surface area contributed by atoms with Gasteiger partial charge in [-0.05, 0) is 41.5 Å². The summed E-state index contributed by atoms with van der Waals surface area (Å²) in [6.45, 7) is 0.980. The molecule has 2 rings (SSSR count). The van der Waals surface area contributed by atoms with E-state index in [-0.39, 0.29) is 0 Å². The van der Waals surface area contributed by atoms with E-state index in [0.717, 1.165) is 21.3 Å². The minimum Gasteiger partial charge on any atom is -0.489 e. The summed E-state index contributed by atoms with van der Waals surface area (Å²) in [5, 5.41) is 0.716. The summed E-state index contributed by atoms with van der Waals surface area (Å²) in [6.07, 6.45) is 0. The Morgan fingerprint density at radius 2 is 1.94 bits per heavy atom. The van der Waals surface area contributed by atoms with Crippen molar-refractivity contribution in [3.8, 4) is 5.75 Å². The van der Waals surface area contributed by atoms with E-state index < -0.39 is 0 Å². The molecule has 0 spiro atoms. The highest BCUT2D eigenvalue weighted by Gasteiger charge is 2.01. The van der Waals surface area contributed by atoms with E-state index in [2.05, 4.69) is 15.9 Å². The van der Waals surface area contributed by atoms with E-state index >= 15 is 0 Å². The van der Waals surface area contributed by atoms with Crippen LogP contribution < -0.4 is 10.5 Å². The van der Waals surface area contributed by atoms with Crippen molar-refractivity contribution >= 4 is 27.5 Å². The van der Waals surface area contributed by atoms with Gasteiger partial charge in [-0.2, -0.15) is 0 Å². The average Bonchev–Trinajstić information content (AvgIpc) is 2.36. The largest absolute Gasteiger partial charge is 0.489 e. The molecule has 0 aromatic heterocycles. The summed E-state index contributed by atoms with van der Waals surface area (Å²) >= 11 is 9.35. The Hall–Kier alpha value is -1.03. The van der Waals surface area contributed by atoms with Crippen LogP contribution in [-0.2, 0) is 13.2 Å². The Balaban J connectivity index is 2.08. The normalized spacial score (nSPS) is 10.4. The summed E-state index contributed by atoms with van der Waals surface area (Å²) in [4.78, 5) is 0. The van der Waals surface area contributed by atoms with Crippen LogP contribution in [0.3, 0.4) is 0 Å². The molecule has 0 atom stereocenters. The molecule has 2 aromatic rings. The standard InChI is InChI=1S/C14H13BrClNO/c15-12-4-11(8-17)6-14(7-12)18-9-10-2-1-3-13(16)5-10/h1-7H,8-9,17H2. The van der Waals surface area contributed by atoms with Gasteiger partial charge in [0.25, 0.3) is 0 Å². The minimum absolute atomic E-state index is 0.487. The smallest absolute Gasteiger partial charge is 0.121 e. The van der Waals surface area contributed by atoms with Crippen molar-refractivity contribution < 1.29 is 4.74 Å². The molecule has 0 radical (unpaired) electrons.